The zero-order valence-corrected chi connectivity index (χ0v) is 20.4. The van der Waals surface area contributed by atoms with Crippen molar-refractivity contribution in [2.75, 3.05) is 6.61 Å². The summed E-state index contributed by atoms with van der Waals surface area (Å²) < 4.78 is 42.1. The van der Waals surface area contributed by atoms with Gasteiger partial charge in [-0.05, 0) is 0 Å². The van der Waals surface area contributed by atoms with E-state index in [1.807, 2.05) is 37.3 Å². The monoisotopic (exact) mass is 528 g/mol. The Bertz CT molecular complexity index is 983. The number of rotatable bonds is 11. The average molecular weight is 528 g/mol. The molecule has 32 heavy (non-hydrogen) atoms. The predicted octanol–water partition coefficient (Wildman–Crippen LogP) is 3.01. The van der Waals surface area contributed by atoms with Crippen LogP contribution in [0.1, 0.15) is 32.6 Å². The summed E-state index contributed by atoms with van der Waals surface area (Å²) in [6, 6.07) is 14.8. The summed E-state index contributed by atoms with van der Waals surface area (Å²) in [6.45, 7) is 2.50. The fourth-order valence-electron chi connectivity index (χ4n) is 3.48. The summed E-state index contributed by atoms with van der Waals surface area (Å²) in [4.78, 5) is 10.3. The second kappa shape index (κ2) is 11.9. The third-order valence-corrected chi connectivity index (χ3v) is 9.02. The molecule has 10 heteroatoms. The van der Waals surface area contributed by atoms with E-state index in [2.05, 4.69) is 4.72 Å². The molecular weight excluding hydrogens is 499 g/mol. The van der Waals surface area contributed by atoms with E-state index >= 15 is 0 Å². The van der Waals surface area contributed by atoms with Gasteiger partial charge in [-0.15, -0.1) is 0 Å². The first-order valence-electron chi connectivity index (χ1n) is 10.6. The number of nitro groups is 1. The standard InChI is InChI=1S/C22H28N2O6SSe/c1-2-18(23-31(27,28)21-13-7-6-12-19(21)24(25)26)20(30-22-14-8-9-15-29-22)16-32-17-10-4-3-5-11-17/h3-7,10-13,18,20,22-23H,2,8-9,14-16H2,1H3/t18-,20?,22?/m0/s1. The molecular formula is C22H28N2O6SSe. The third kappa shape index (κ3) is 6.84. The van der Waals surface area contributed by atoms with Gasteiger partial charge >= 0.3 is 195 Å². The van der Waals surface area contributed by atoms with E-state index < -0.39 is 32.8 Å². The molecule has 0 saturated carbocycles. The molecule has 2 unspecified atom stereocenters. The van der Waals surface area contributed by atoms with Crippen LogP contribution in [0.3, 0.4) is 0 Å². The fraction of sp³-hybridized carbons (Fsp3) is 0.455. The average Bonchev–Trinajstić information content (AvgIpc) is 2.81. The van der Waals surface area contributed by atoms with Gasteiger partial charge in [-0.2, -0.15) is 0 Å². The summed E-state index contributed by atoms with van der Waals surface area (Å²) >= 11 is 0.0677. The summed E-state index contributed by atoms with van der Waals surface area (Å²) in [5.41, 5.74) is -0.448. The van der Waals surface area contributed by atoms with Crippen molar-refractivity contribution in [2.24, 2.45) is 0 Å². The summed E-state index contributed by atoms with van der Waals surface area (Å²) in [5, 5.41) is 12.0. The number of hydrogen-bond donors (Lipinski definition) is 1. The first-order chi connectivity index (χ1) is 15.4. The maximum atomic E-state index is 13.1. The summed E-state index contributed by atoms with van der Waals surface area (Å²) in [6.07, 6.45) is 2.44. The first kappa shape index (κ1) is 24.8. The molecule has 1 aliphatic rings. The number of nitrogens with one attached hydrogen (secondary N) is 1. The van der Waals surface area contributed by atoms with Crippen LogP contribution in [0.15, 0.2) is 59.5 Å². The second-order valence-electron chi connectivity index (χ2n) is 7.46. The van der Waals surface area contributed by atoms with Crippen LogP contribution >= 0.6 is 0 Å². The van der Waals surface area contributed by atoms with Crippen LogP contribution in [0.5, 0.6) is 0 Å². The van der Waals surface area contributed by atoms with Crippen LogP contribution in [0, 0.1) is 10.1 Å². The van der Waals surface area contributed by atoms with Crippen LogP contribution in [0.4, 0.5) is 5.69 Å². The number of para-hydroxylation sites is 1. The number of ether oxygens (including phenoxy) is 2. The molecule has 8 nitrogen and oxygen atoms in total. The molecule has 0 aromatic heterocycles. The van der Waals surface area contributed by atoms with E-state index in [9.17, 15) is 18.5 Å². The van der Waals surface area contributed by atoms with Gasteiger partial charge in [0.2, 0.25) is 0 Å². The van der Waals surface area contributed by atoms with Crippen LogP contribution in [0.25, 0.3) is 0 Å². The Morgan fingerprint density at radius 3 is 2.56 bits per heavy atom. The van der Waals surface area contributed by atoms with E-state index in [0.29, 0.717) is 18.3 Å². The van der Waals surface area contributed by atoms with Crippen molar-refractivity contribution in [1.82, 2.24) is 4.72 Å². The Labute approximate surface area is 195 Å². The van der Waals surface area contributed by atoms with E-state index in [-0.39, 0.29) is 26.1 Å². The Balaban J connectivity index is 1.81. The van der Waals surface area contributed by atoms with Gasteiger partial charge < -0.3 is 0 Å². The number of nitrogens with zero attached hydrogens (tertiary/aromatic N) is 1. The summed E-state index contributed by atoms with van der Waals surface area (Å²) in [5.74, 6) is 0. The van der Waals surface area contributed by atoms with Gasteiger partial charge in [0.25, 0.3) is 0 Å². The first-order valence-corrected chi connectivity index (χ1v) is 14.2. The van der Waals surface area contributed by atoms with E-state index in [1.165, 1.54) is 28.7 Å². The number of benzene rings is 2. The van der Waals surface area contributed by atoms with Crippen molar-refractivity contribution in [1.29, 1.82) is 0 Å². The molecule has 2 aromatic carbocycles. The SMILES string of the molecule is CC[C@H](NS(=O)(=O)c1ccccc1[N+](=O)[O-])C(C[Se]c1ccccc1)OC1CCCCO1. The van der Waals surface area contributed by atoms with E-state index in [0.717, 1.165) is 19.3 Å². The zero-order chi connectivity index (χ0) is 23.0. The van der Waals surface area contributed by atoms with Gasteiger partial charge in [-0.25, -0.2) is 0 Å². The molecule has 1 aliphatic heterocycles. The van der Waals surface area contributed by atoms with Gasteiger partial charge in [0.05, 0.1) is 0 Å². The maximum absolute atomic E-state index is 13.1. The minimum atomic E-state index is -4.12. The van der Waals surface area contributed by atoms with Crippen molar-refractivity contribution in [3.05, 3.63) is 64.7 Å². The van der Waals surface area contributed by atoms with Crippen molar-refractivity contribution in [3.63, 3.8) is 0 Å². The molecule has 1 heterocycles. The fourth-order valence-corrected chi connectivity index (χ4v) is 7.13. The van der Waals surface area contributed by atoms with Crippen LogP contribution in [0.2, 0.25) is 5.32 Å². The number of sulfonamides is 1. The third-order valence-electron chi connectivity index (χ3n) is 5.17. The van der Waals surface area contributed by atoms with Crippen molar-refractivity contribution in [2.45, 2.75) is 61.3 Å². The molecule has 1 saturated heterocycles. The van der Waals surface area contributed by atoms with Crippen LogP contribution in [-0.4, -0.2) is 53.3 Å². The Kier molecular flexibility index (Phi) is 9.21. The molecule has 0 bridgehead atoms. The van der Waals surface area contributed by atoms with E-state index in [1.54, 1.807) is 0 Å². The zero-order valence-electron chi connectivity index (χ0n) is 17.9. The topological polar surface area (TPSA) is 108 Å². The Morgan fingerprint density at radius 1 is 1.19 bits per heavy atom. The minimum absolute atomic E-state index is 0.0677. The van der Waals surface area contributed by atoms with Crippen molar-refractivity contribution < 1.29 is 22.8 Å². The quantitative estimate of drug-likeness (QED) is 0.274. The molecule has 1 N–H and O–H groups in total. The van der Waals surface area contributed by atoms with Gasteiger partial charge in [0.15, 0.2) is 0 Å². The second-order valence-corrected chi connectivity index (χ2v) is 11.4. The van der Waals surface area contributed by atoms with Gasteiger partial charge in [-0.1, -0.05) is 0 Å². The van der Waals surface area contributed by atoms with Gasteiger partial charge in [0, 0.05) is 0 Å². The molecule has 174 valence electrons. The van der Waals surface area contributed by atoms with Crippen molar-refractivity contribution in [3.8, 4) is 0 Å². The van der Waals surface area contributed by atoms with Gasteiger partial charge in [-0.3, -0.25) is 0 Å². The van der Waals surface area contributed by atoms with Crippen LogP contribution < -0.4 is 9.18 Å². The van der Waals surface area contributed by atoms with Crippen molar-refractivity contribution >= 4 is 35.1 Å². The van der Waals surface area contributed by atoms with Gasteiger partial charge in [0.1, 0.15) is 0 Å². The molecule has 0 aliphatic carbocycles. The molecule has 0 radical (unpaired) electrons. The number of hydrogen-bond acceptors (Lipinski definition) is 6. The molecule has 3 atom stereocenters. The molecule has 1 fully saturated rings. The molecule has 3 rings (SSSR count). The predicted molar refractivity (Wildman–Crippen MR) is 123 cm³/mol. The normalized spacial score (nSPS) is 18.7. The van der Waals surface area contributed by atoms with Crippen LogP contribution in [-0.2, 0) is 19.5 Å². The Morgan fingerprint density at radius 2 is 1.91 bits per heavy atom. The molecule has 0 amide bonds. The molecule has 2 aromatic rings. The Hall–Kier alpha value is -1.81. The molecule has 0 spiro atoms. The van der Waals surface area contributed by atoms with E-state index in [4.69, 9.17) is 9.47 Å². The number of nitro benzene ring substituents is 1. The summed E-state index contributed by atoms with van der Waals surface area (Å²) in [7, 11) is -4.12.